The van der Waals surface area contributed by atoms with E-state index >= 15 is 0 Å². The van der Waals surface area contributed by atoms with Gasteiger partial charge in [0.15, 0.2) is 0 Å². The molecule has 0 fully saturated rings. The number of alkyl halides is 3. The molecule has 0 spiro atoms. The Hall–Kier alpha value is -3.48. The van der Waals surface area contributed by atoms with E-state index in [0.717, 1.165) is 18.2 Å². The highest BCUT2D eigenvalue weighted by Crippen LogP contribution is 2.31. The third-order valence-corrected chi connectivity index (χ3v) is 8.81. The van der Waals surface area contributed by atoms with Crippen molar-refractivity contribution in [2.75, 3.05) is 6.54 Å². The van der Waals surface area contributed by atoms with Crippen LogP contribution in [0.15, 0.2) is 94.9 Å². The standard InChI is InChI=1S/C27H25F3N2O5S2/c1-19(2)17-32(38(33,34)25-10-3-6-21-7-5-15-31-26(21)25)18-20-11-13-23(14-12-20)37-39(35,36)24-9-4-8-22(16-24)27(28,29)30/h3-16,19H,17-18H2,1-2H3. The predicted octanol–water partition coefficient (Wildman–Crippen LogP) is 5.87. The van der Waals surface area contributed by atoms with Crippen molar-refractivity contribution in [1.82, 2.24) is 9.29 Å². The lowest BCUT2D eigenvalue weighted by Gasteiger charge is -2.24. The quantitative estimate of drug-likeness (QED) is 0.231. The number of halogens is 3. The molecule has 0 atom stereocenters. The van der Waals surface area contributed by atoms with Crippen molar-refractivity contribution in [1.29, 1.82) is 0 Å². The van der Waals surface area contributed by atoms with Crippen LogP contribution in [0.3, 0.4) is 0 Å². The van der Waals surface area contributed by atoms with E-state index in [1.807, 2.05) is 13.8 Å². The number of para-hydroxylation sites is 1. The summed E-state index contributed by atoms with van der Waals surface area (Å²) in [7, 11) is -8.50. The van der Waals surface area contributed by atoms with Crippen molar-refractivity contribution in [3.8, 4) is 5.75 Å². The van der Waals surface area contributed by atoms with Crippen LogP contribution in [-0.4, -0.2) is 32.7 Å². The van der Waals surface area contributed by atoms with Gasteiger partial charge in [-0.25, -0.2) is 8.42 Å². The second-order valence-corrected chi connectivity index (χ2v) is 12.7. The summed E-state index contributed by atoms with van der Waals surface area (Å²) in [5.41, 5.74) is -0.205. The predicted molar refractivity (Wildman–Crippen MR) is 140 cm³/mol. The van der Waals surface area contributed by atoms with Crippen molar-refractivity contribution in [2.24, 2.45) is 5.92 Å². The van der Waals surface area contributed by atoms with Crippen LogP contribution in [0, 0.1) is 5.92 Å². The number of pyridine rings is 1. The highest BCUT2D eigenvalue weighted by Gasteiger charge is 2.32. The largest absolute Gasteiger partial charge is 0.416 e. The van der Waals surface area contributed by atoms with Crippen molar-refractivity contribution in [2.45, 2.75) is 36.4 Å². The Morgan fingerprint density at radius 3 is 2.23 bits per heavy atom. The van der Waals surface area contributed by atoms with Gasteiger partial charge < -0.3 is 4.18 Å². The Morgan fingerprint density at radius 1 is 0.897 bits per heavy atom. The molecule has 0 bridgehead atoms. The normalized spacial score (nSPS) is 12.8. The summed E-state index contributed by atoms with van der Waals surface area (Å²) in [5, 5.41) is 0.687. The van der Waals surface area contributed by atoms with E-state index in [-0.39, 0.29) is 29.7 Å². The van der Waals surface area contributed by atoms with Crippen LogP contribution >= 0.6 is 0 Å². The number of hydrogen-bond acceptors (Lipinski definition) is 6. The zero-order valence-corrected chi connectivity index (χ0v) is 22.6. The first-order valence-corrected chi connectivity index (χ1v) is 14.7. The molecule has 0 N–H and O–H groups in total. The minimum atomic E-state index is -4.71. The molecule has 0 aliphatic carbocycles. The topological polar surface area (TPSA) is 93.6 Å². The molecule has 0 saturated carbocycles. The molecule has 0 radical (unpaired) electrons. The molecule has 0 aliphatic rings. The fourth-order valence-corrected chi connectivity index (χ4v) is 6.67. The molecule has 0 saturated heterocycles. The summed E-state index contributed by atoms with van der Waals surface area (Å²) in [6.07, 6.45) is -3.18. The van der Waals surface area contributed by atoms with Gasteiger partial charge in [0.25, 0.3) is 0 Å². The molecule has 0 aliphatic heterocycles. The highest BCUT2D eigenvalue weighted by molar-refractivity contribution is 7.89. The van der Waals surface area contributed by atoms with Crippen LogP contribution in [0.1, 0.15) is 25.0 Å². The molecule has 7 nitrogen and oxygen atoms in total. The Kier molecular flexibility index (Phi) is 8.01. The van der Waals surface area contributed by atoms with Gasteiger partial charge in [-0.05, 0) is 53.9 Å². The van der Waals surface area contributed by atoms with Gasteiger partial charge in [-0.3, -0.25) is 4.98 Å². The minimum absolute atomic E-state index is 0.00271. The maximum Gasteiger partial charge on any atom is 0.416 e. The van der Waals surface area contributed by atoms with Gasteiger partial charge in [-0.15, -0.1) is 0 Å². The third-order valence-electron chi connectivity index (χ3n) is 5.72. The van der Waals surface area contributed by atoms with Crippen molar-refractivity contribution < 1.29 is 34.2 Å². The molecule has 4 aromatic rings. The number of aromatic nitrogens is 1. The average Bonchev–Trinajstić information content (AvgIpc) is 2.88. The zero-order chi connectivity index (χ0) is 28.4. The Labute approximate surface area is 225 Å². The number of nitrogens with zero attached hydrogens (tertiary/aromatic N) is 2. The fourth-order valence-electron chi connectivity index (χ4n) is 3.94. The molecule has 3 aromatic carbocycles. The average molecular weight is 579 g/mol. The second-order valence-electron chi connectivity index (χ2n) is 9.23. The number of hydrogen-bond donors (Lipinski definition) is 0. The van der Waals surface area contributed by atoms with Crippen LogP contribution in [0.5, 0.6) is 5.75 Å². The van der Waals surface area contributed by atoms with Gasteiger partial charge in [-0.1, -0.05) is 50.2 Å². The van der Waals surface area contributed by atoms with E-state index in [4.69, 9.17) is 4.18 Å². The number of sulfonamides is 1. The first-order chi connectivity index (χ1) is 18.3. The summed E-state index contributed by atoms with van der Waals surface area (Å²) in [6.45, 7) is 3.98. The lowest BCUT2D eigenvalue weighted by molar-refractivity contribution is -0.137. The van der Waals surface area contributed by atoms with Crippen molar-refractivity contribution in [3.63, 3.8) is 0 Å². The Bertz CT molecular complexity index is 1680. The van der Waals surface area contributed by atoms with Crippen LogP contribution in [0.2, 0.25) is 0 Å². The van der Waals surface area contributed by atoms with Crippen LogP contribution in [0.25, 0.3) is 10.9 Å². The summed E-state index contributed by atoms with van der Waals surface area (Å²) in [4.78, 5) is 3.70. The van der Waals surface area contributed by atoms with Gasteiger partial charge in [0.2, 0.25) is 10.0 Å². The van der Waals surface area contributed by atoms with Crippen molar-refractivity contribution >= 4 is 31.0 Å². The summed E-state index contributed by atoms with van der Waals surface area (Å²) >= 11 is 0. The molecule has 0 amide bonds. The van der Waals surface area contributed by atoms with Gasteiger partial charge in [0.1, 0.15) is 15.5 Å². The number of fused-ring (bicyclic) bond motifs is 1. The molecule has 206 valence electrons. The van der Waals surface area contributed by atoms with Crippen LogP contribution in [0.4, 0.5) is 13.2 Å². The maximum absolute atomic E-state index is 13.7. The van der Waals surface area contributed by atoms with E-state index in [1.165, 1.54) is 40.8 Å². The minimum Gasteiger partial charge on any atom is -0.379 e. The molecule has 12 heteroatoms. The van der Waals surface area contributed by atoms with E-state index in [9.17, 15) is 30.0 Å². The number of rotatable bonds is 9. The van der Waals surface area contributed by atoms with E-state index in [1.54, 1.807) is 24.3 Å². The molecular weight excluding hydrogens is 553 g/mol. The Balaban J connectivity index is 1.58. The molecule has 1 heterocycles. The summed E-state index contributed by atoms with van der Waals surface area (Å²) in [5.74, 6) is -0.129. The second kappa shape index (κ2) is 10.9. The molecule has 0 unspecified atom stereocenters. The highest BCUT2D eigenvalue weighted by atomic mass is 32.2. The van der Waals surface area contributed by atoms with Crippen molar-refractivity contribution in [3.05, 3.63) is 96.2 Å². The third kappa shape index (κ3) is 6.57. The van der Waals surface area contributed by atoms with Gasteiger partial charge in [0.05, 0.1) is 11.1 Å². The molecule has 39 heavy (non-hydrogen) atoms. The lowest BCUT2D eigenvalue weighted by atomic mass is 10.2. The summed E-state index contributed by atoms with van der Waals surface area (Å²) < 4.78 is 97.9. The molecular formula is C27H25F3N2O5S2. The lowest BCUT2D eigenvalue weighted by Crippen LogP contribution is -2.34. The monoisotopic (exact) mass is 578 g/mol. The van der Waals surface area contributed by atoms with Gasteiger partial charge in [-0.2, -0.15) is 25.9 Å². The van der Waals surface area contributed by atoms with Crippen LogP contribution < -0.4 is 4.18 Å². The first kappa shape index (κ1) is 28.5. The Morgan fingerprint density at radius 2 is 1.56 bits per heavy atom. The summed E-state index contributed by atoms with van der Waals surface area (Å²) in [6, 6.07) is 17.3. The zero-order valence-electron chi connectivity index (χ0n) is 21.0. The van der Waals surface area contributed by atoms with Gasteiger partial charge >= 0.3 is 16.3 Å². The smallest absolute Gasteiger partial charge is 0.379 e. The van der Waals surface area contributed by atoms with E-state index in [0.29, 0.717) is 22.5 Å². The van der Waals surface area contributed by atoms with Gasteiger partial charge in [0, 0.05) is 24.7 Å². The number of benzene rings is 3. The first-order valence-electron chi connectivity index (χ1n) is 11.8. The fraction of sp³-hybridized carbons (Fsp3) is 0.222. The molecule has 4 rings (SSSR count). The van der Waals surface area contributed by atoms with Crippen LogP contribution in [-0.2, 0) is 32.9 Å². The molecule has 1 aromatic heterocycles. The maximum atomic E-state index is 13.7. The van der Waals surface area contributed by atoms with E-state index < -0.39 is 36.8 Å². The van der Waals surface area contributed by atoms with E-state index in [2.05, 4.69) is 4.98 Å². The SMILES string of the molecule is CC(C)CN(Cc1ccc(OS(=O)(=O)c2cccc(C(F)(F)F)c2)cc1)S(=O)(=O)c1cccc2cccnc12.